The van der Waals surface area contributed by atoms with Crippen molar-refractivity contribution in [2.24, 2.45) is 0 Å². The Bertz CT molecular complexity index is 964. The highest BCUT2D eigenvalue weighted by atomic mass is 32.1. The first-order chi connectivity index (χ1) is 13.7. The Balaban J connectivity index is 1.31. The fourth-order valence-corrected chi connectivity index (χ4v) is 4.29. The predicted octanol–water partition coefficient (Wildman–Crippen LogP) is 3.30. The number of para-hydroxylation sites is 1. The second-order valence-electron chi connectivity index (χ2n) is 6.84. The molecule has 1 N–H and O–H groups in total. The van der Waals surface area contributed by atoms with Crippen LogP contribution in [-0.2, 0) is 29.1 Å². The van der Waals surface area contributed by atoms with Crippen LogP contribution >= 0.6 is 11.3 Å². The van der Waals surface area contributed by atoms with E-state index in [2.05, 4.69) is 21.9 Å². The summed E-state index contributed by atoms with van der Waals surface area (Å²) < 4.78 is 1.81. The van der Waals surface area contributed by atoms with Crippen molar-refractivity contribution in [3.8, 4) is 0 Å². The van der Waals surface area contributed by atoms with Crippen molar-refractivity contribution < 1.29 is 9.59 Å². The molecule has 2 aromatic heterocycles. The molecule has 0 radical (unpaired) electrons. The number of nitrogens with one attached hydrogen (secondary N) is 1. The third-order valence-corrected chi connectivity index (χ3v) is 5.93. The lowest BCUT2D eigenvalue weighted by Crippen LogP contribution is -2.35. The van der Waals surface area contributed by atoms with Crippen LogP contribution in [0.3, 0.4) is 0 Å². The van der Waals surface area contributed by atoms with Crippen LogP contribution in [0.4, 0.5) is 5.69 Å². The van der Waals surface area contributed by atoms with Crippen LogP contribution in [0.25, 0.3) is 0 Å². The molecule has 28 heavy (non-hydrogen) atoms. The van der Waals surface area contributed by atoms with Gasteiger partial charge in [-0.05, 0) is 41.1 Å². The van der Waals surface area contributed by atoms with E-state index in [0.29, 0.717) is 13.1 Å². The normalized spacial score (nSPS) is 13.2. The summed E-state index contributed by atoms with van der Waals surface area (Å²) in [7, 11) is 0. The first kappa shape index (κ1) is 18.4. The largest absolute Gasteiger partial charge is 0.338 e. The number of hydrogen-bond acceptors (Lipinski definition) is 4. The van der Waals surface area contributed by atoms with Crippen molar-refractivity contribution in [2.75, 3.05) is 11.9 Å². The van der Waals surface area contributed by atoms with E-state index in [0.717, 1.165) is 24.2 Å². The SMILES string of the molecule is O=C(CCC(=O)N1CCc2sccc2C1)Nc1ccccc1Cn1cccn1. The number of thiophene rings is 1. The van der Waals surface area contributed by atoms with E-state index in [4.69, 9.17) is 0 Å². The van der Waals surface area contributed by atoms with Crippen molar-refractivity contribution in [1.82, 2.24) is 14.7 Å². The summed E-state index contributed by atoms with van der Waals surface area (Å²) in [6.45, 7) is 1.98. The highest BCUT2D eigenvalue weighted by Crippen LogP contribution is 2.24. The fourth-order valence-electron chi connectivity index (χ4n) is 3.40. The van der Waals surface area contributed by atoms with Crippen LogP contribution < -0.4 is 5.32 Å². The Kier molecular flexibility index (Phi) is 5.53. The summed E-state index contributed by atoms with van der Waals surface area (Å²) in [6, 6.07) is 11.6. The quantitative estimate of drug-likeness (QED) is 0.698. The van der Waals surface area contributed by atoms with Gasteiger partial charge in [0.2, 0.25) is 11.8 Å². The van der Waals surface area contributed by atoms with E-state index in [1.807, 2.05) is 46.1 Å². The lowest BCUT2D eigenvalue weighted by Gasteiger charge is -2.27. The summed E-state index contributed by atoms with van der Waals surface area (Å²) in [5, 5.41) is 9.23. The van der Waals surface area contributed by atoms with Crippen molar-refractivity contribution in [2.45, 2.75) is 32.4 Å². The molecule has 144 valence electrons. The Morgan fingerprint density at radius 2 is 2.04 bits per heavy atom. The zero-order chi connectivity index (χ0) is 19.3. The maximum absolute atomic E-state index is 12.5. The van der Waals surface area contributed by atoms with Crippen molar-refractivity contribution in [3.05, 3.63) is 70.2 Å². The van der Waals surface area contributed by atoms with Crippen molar-refractivity contribution in [1.29, 1.82) is 0 Å². The first-order valence-corrected chi connectivity index (χ1v) is 10.3. The van der Waals surface area contributed by atoms with Crippen LogP contribution in [0.5, 0.6) is 0 Å². The summed E-state index contributed by atoms with van der Waals surface area (Å²) in [4.78, 5) is 28.1. The molecule has 1 aromatic carbocycles. The van der Waals surface area contributed by atoms with Crippen LogP contribution in [0.15, 0.2) is 54.2 Å². The summed E-state index contributed by atoms with van der Waals surface area (Å²) in [5.74, 6) is -0.105. The molecule has 3 aromatic rings. The molecule has 0 unspecified atom stereocenters. The van der Waals surface area contributed by atoms with Gasteiger partial charge in [0.05, 0.1) is 6.54 Å². The fraction of sp³-hybridized carbons (Fsp3) is 0.286. The first-order valence-electron chi connectivity index (χ1n) is 9.37. The van der Waals surface area contributed by atoms with Gasteiger partial charge in [0.25, 0.3) is 0 Å². The minimum Gasteiger partial charge on any atom is -0.338 e. The number of nitrogens with zero attached hydrogens (tertiary/aromatic N) is 3. The lowest BCUT2D eigenvalue weighted by molar-refractivity contribution is -0.133. The number of carbonyl (C=O) groups excluding carboxylic acids is 2. The van der Waals surface area contributed by atoms with Crippen LogP contribution in [0.2, 0.25) is 0 Å². The van der Waals surface area contributed by atoms with Crippen molar-refractivity contribution >= 4 is 28.8 Å². The molecule has 0 aliphatic carbocycles. The highest BCUT2D eigenvalue weighted by Gasteiger charge is 2.21. The Morgan fingerprint density at radius 3 is 2.89 bits per heavy atom. The van der Waals surface area contributed by atoms with E-state index < -0.39 is 0 Å². The number of benzene rings is 1. The molecule has 1 aliphatic heterocycles. The maximum atomic E-state index is 12.5. The van der Waals surface area contributed by atoms with Gasteiger partial charge in [-0.1, -0.05) is 18.2 Å². The van der Waals surface area contributed by atoms with E-state index >= 15 is 0 Å². The molecule has 0 fully saturated rings. The molecule has 6 nitrogen and oxygen atoms in total. The maximum Gasteiger partial charge on any atom is 0.224 e. The summed E-state index contributed by atoms with van der Waals surface area (Å²) >= 11 is 1.75. The Hall–Kier alpha value is -2.93. The summed E-state index contributed by atoms with van der Waals surface area (Å²) in [6.07, 6.45) is 4.93. The molecule has 7 heteroatoms. The molecular weight excluding hydrogens is 372 g/mol. The molecule has 0 bridgehead atoms. The van der Waals surface area contributed by atoms with E-state index in [1.54, 1.807) is 17.5 Å². The third-order valence-electron chi connectivity index (χ3n) is 4.91. The molecule has 4 rings (SSSR count). The zero-order valence-electron chi connectivity index (χ0n) is 15.5. The second kappa shape index (κ2) is 8.39. The average Bonchev–Trinajstić information content (AvgIpc) is 3.38. The van der Waals surface area contributed by atoms with Gasteiger partial charge in [-0.15, -0.1) is 11.3 Å². The number of aromatic nitrogens is 2. The van der Waals surface area contributed by atoms with Gasteiger partial charge in [-0.2, -0.15) is 5.10 Å². The van der Waals surface area contributed by atoms with E-state index in [1.165, 1.54) is 10.4 Å². The number of amides is 2. The Labute approximate surface area is 167 Å². The van der Waals surface area contributed by atoms with E-state index in [-0.39, 0.29) is 24.7 Å². The van der Waals surface area contributed by atoms with Gasteiger partial charge in [0.1, 0.15) is 0 Å². The van der Waals surface area contributed by atoms with Gasteiger partial charge in [-0.3, -0.25) is 14.3 Å². The zero-order valence-corrected chi connectivity index (χ0v) is 16.3. The van der Waals surface area contributed by atoms with Crippen LogP contribution in [0, 0.1) is 0 Å². The molecule has 0 saturated heterocycles. The average molecular weight is 395 g/mol. The van der Waals surface area contributed by atoms with Gasteiger partial charge < -0.3 is 10.2 Å². The van der Waals surface area contributed by atoms with Gasteiger partial charge in [-0.25, -0.2) is 0 Å². The highest BCUT2D eigenvalue weighted by molar-refractivity contribution is 7.10. The van der Waals surface area contributed by atoms with Crippen LogP contribution in [-0.4, -0.2) is 33.0 Å². The molecule has 0 atom stereocenters. The third kappa shape index (κ3) is 4.31. The minimum atomic E-state index is -0.144. The molecule has 0 spiro atoms. The van der Waals surface area contributed by atoms with Gasteiger partial charge in [0.15, 0.2) is 0 Å². The molecule has 1 aliphatic rings. The van der Waals surface area contributed by atoms with Crippen LogP contribution in [0.1, 0.15) is 28.8 Å². The predicted molar refractivity (Wildman–Crippen MR) is 109 cm³/mol. The molecular formula is C21H22N4O2S. The lowest BCUT2D eigenvalue weighted by atomic mass is 10.1. The van der Waals surface area contributed by atoms with Gasteiger partial charge >= 0.3 is 0 Å². The summed E-state index contributed by atoms with van der Waals surface area (Å²) in [5.41, 5.74) is 2.98. The standard InChI is InChI=1S/C21H22N4O2S/c26-20(6-7-21(27)24-12-8-19-17(14-24)9-13-28-19)23-18-5-2-1-4-16(18)15-25-11-3-10-22-25/h1-5,9-11,13H,6-8,12,14-15H2,(H,23,26). The van der Waals surface area contributed by atoms with Crippen molar-refractivity contribution in [3.63, 3.8) is 0 Å². The number of hydrogen-bond donors (Lipinski definition) is 1. The van der Waals surface area contributed by atoms with Gasteiger partial charge in [0, 0.05) is 48.9 Å². The number of anilines is 1. The van der Waals surface area contributed by atoms with E-state index in [9.17, 15) is 9.59 Å². The molecule has 0 saturated carbocycles. The topological polar surface area (TPSA) is 67.2 Å². The Morgan fingerprint density at radius 1 is 1.14 bits per heavy atom. The molecule has 3 heterocycles. The second-order valence-corrected chi connectivity index (χ2v) is 7.84. The monoisotopic (exact) mass is 394 g/mol. The number of carbonyl (C=O) groups is 2. The smallest absolute Gasteiger partial charge is 0.224 e. The molecule has 2 amide bonds. The number of fused-ring (bicyclic) bond motifs is 1. The minimum absolute atomic E-state index is 0.0387. The number of rotatable bonds is 6.